The maximum atomic E-state index is 12.2. The Morgan fingerprint density at radius 2 is 1.87 bits per heavy atom. The van der Waals surface area contributed by atoms with E-state index in [9.17, 15) is 19.7 Å². The molecule has 0 unspecified atom stereocenters. The van der Waals surface area contributed by atoms with E-state index in [-0.39, 0.29) is 16.3 Å². The number of rotatable bonds is 5. The van der Waals surface area contributed by atoms with Gasteiger partial charge in [0.05, 0.1) is 15.5 Å². The molecule has 2 aromatic carbocycles. The number of nitrogens with one attached hydrogen (secondary N) is 1. The quantitative estimate of drug-likeness (QED) is 0.429. The second-order valence-corrected chi connectivity index (χ2v) is 7.44. The highest BCUT2D eigenvalue weighted by Gasteiger charge is 2.44. The molecule has 0 saturated heterocycles. The summed E-state index contributed by atoms with van der Waals surface area (Å²) in [5.41, 5.74) is -0.0402. The van der Waals surface area contributed by atoms with Crippen molar-refractivity contribution in [2.75, 3.05) is 11.9 Å². The van der Waals surface area contributed by atoms with E-state index in [1.54, 1.807) is 18.2 Å². The van der Waals surface area contributed by atoms with Gasteiger partial charge in [-0.05, 0) is 31.0 Å². The molecule has 1 fully saturated rings. The zero-order valence-corrected chi connectivity index (χ0v) is 16.4. The van der Waals surface area contributed by atoms with Crippen LogP contribution in [0.15, 0.2) is 36.4 Å². The average Bonchev–Trinajstić information content (AvgIpc) is 3.31. The largest absolute Gasteiger partial charge is 0.452 e. The molecule has 10 heteroatoms. The molecule has 0 aromatic heterocycles. The number of benzene rings is 2. The van der Waals surface area contributed by atoms with Crippen LogP contribution in [-0.2, 0) is 9.53 Å². The Morgan fingerprint density at radius 1 is 1.13 bits per heavy atom. The minimum atomic E-state index is -0.937. The van der Waals surface area contributed by atoms with Crippen LogP contribution in [0.2, 0.25) is 5.02 Å². The molecule has 30 heavy (non-hydrogen) atoms. The number of nitro benzene ring substituents is 1. The number of esters is 1. The van der Waals surface area contributed by atoms with Gasteiger partial charge in [0.25, 0.3) is 17.4 Å². The molecular weight excluding hydrogens is 416 g/mol. The summed E-state index contributed by atoms with van der Waals surface area (Å²) < 4.78 is 16.8. The fourth-order valence-electron chi connectivity index (χ4n) is 3.48. The minimum absolute atomic E-state index is 0.0115. The van der Waals surface area contributed by atoms with E-state index in [2.05, 4.69) is 5.32 Å². The third kappa shape index (κ3) is 4.02. The number of nitro groups is 1. The van der Waals surface area contributed by atoms with Crippen molar-refractivity contribution in [1.82, 2.24) is 0 Å². The zero-order valence-electron chi connectivity index (χ0n) is 15.7. The highest BCUT2D eigenvalue weighted by atomic mass is 35.5. The van der Waals surface area contributed by atoms with E-state index < -0.39 is 29.2 Å². The first-order valence-corrected chi connectivity index (χ1v) is 9.66. The Morgan fingerprint density at radius 3 is 2.60 bits per heavy atom. The molecule has 1 spiro atoms. The summed E-state index contributed by atoms with van der Waals surface area (Å²) in [4.78, 5) is 34.5. The summed E-state index contributed by atoms with van der Waals surface area (Å²) in [6.45, 7) is -0.587. The molecule has 9 nitrogen and oxygen atoms in total. The number of fused-ring (bicyclic) bond motifs is 1. The monoisotopic (exact) mass is 432 g/mol. The van der Waals surface area contributed by atoms with Crippen molar-refractivity contribution in [3.8, 4) is 11.5 Å². The Hall–Kier alpha value is -3.33. The van der Waals surface area contributed by atoms with E-state index in [4.69, 9.17) is 25.8 Å². The lowest BCUT2D eigenvalue weighted by atomic mass is 10.2. The Labute approximate surface area is 176 Å². The van der Waals surface area contributed by atoms with Gasteiger partial charge in [0, 0.05) is 36.7 Å². The molecule has 2 aromatic rings. The predicted octanol–water partition coefficient (Wildman–Crippen LogP) is 4.09. The maximum absolute atomic E-state index is 12.2. The Kier molecular flexibility index (Phi) is 5.21. The smallest absolute Gasteiger partial charge is 0.340 e. The molecule has 0 radical (unpaired) electrons. The number of nitrogens with zero attached hydrogens (tertiary/aromatic N) is 1. The fourth-order valence-corrected chi connectivity index (χ4v) is 3.67. The van der Waals surface area contributed by atoms with Gasteiger partial charge in [0.1, 0.15) is 0 Å². The zero-order chi connectivity index (χ0) is 21.3. The summed E-state index contributed by atoms with van der Waals surface area (Å²) in [7, 11) is 0. The van der Waals surface area contributed by atoms with E-state index >= 15 is 0 Å². The lowest BCUT2D eigenvalue weighted by Crippen LogP contribution is -2.34. The predicted molar refractivity (Wildman–Crippen MR) is 106 cm³/mol. The number of ether oxygens (including phenoxy) is 3. The van der Waals surface area contributed by atoms with Gasteiger partial charge >= 0.3 is 5.97 Å². The van der Waals surface area contributed by atoms with Crippen LogP contribution in [0.4, 0.5) is 11.4 Å². The molecule has 1 amide bonds. The van der Waals surface area contributed by atoms with Crippen LogP contribution < -0.4 is 14.8 Å². The molecule has 0 bridgehead atoms. The van der Waals surface area contributed by atoms with Gasteiger partial charge in [-0.3, -0.25) is 14.9 Å². The number of carbonyl (C=O) groups is 2. The van der Waals surface area contributed by atoms with Crippen LogP contribution in [-0.4, -0.2) is 29.2 Å². The molecule has 4 rings (SSSR count). The van der Waals surface area contributed by atoms with E-state index in [1.165, 1.54) is 12.1 Å². The maximum Gasteiger partial charge on any atom is 0.340 e. The highest BCUT2D eigenvalue weighted by molar-refractivity contribution is 6.33. The molecule has 156 valence electrons. The number of hydrogen-bond acceptors (Lipinski definition) is 7. The highest BCUT2D eigenvalue weighted by Crippen LogP contribution is 2.47. The molecule has 2 aliphatic rings. The second kappa shape index (κ2) is 7.83. The fraction of sp³-hybridized carbons (Fsp3) is 0.300. The number of amides is 1. The van der Waals surface area contributed by atoms with Crippen molar-refractivity contribution in [2.24, 2.45) is 0 Å². The minimum Gasteiger partial charge on any atom is -0.452 e. The first-order valence-electron chi connectivity index (χ1n) is 9.28. The first-order chi connectivity index (χ1) is 14.3. The van der Waals surface area contributed by atoms with Crippen molar-refractivity contribution in [3.63, 3.8) is 0 Å². The van der Waals surface area contributed by atoms with Crippen LogP contribution in [0.3, 0.4) is 0 Å². The summed E-state index contributed by atoms with van der Waals surface area (Å²) in [6.07, 6.45) is 3.72. The van der Waals surface area contributed by atoms with E-state index in [0.29, 0.717) is 17.2 Å². The van der Waals surface area contributed by atoms with Crippen molar-refractivity contribution in [2.45, 2.75) is 31.5 Å². The second-order valence-electron chi connectivity index (χ2n) is 7.03. The Balaban J connectivity index is 1.35. The molecule has 1 aliphatic heterocycles. The molecule has 1 aliphatic carbocycles. The van der Waals surface area contributed by atoms with Gasteiger partial charge in [-0.15, -0.1) is 0 Å². The van der Waals surface area contributed by atoms with E-state index in [1.807, 2.05) is 0 Å². The normalized spacial score (nSPS) is 15.8. The third-order valence-electron chi connectivity index (χ3n) is 4.90. The van der Waals surface area contributed by atoms with Crippen molar-refractivity contribution in [3.05, 3.63) is 57.1 Å². The molecule has 1 saturated carbocycles. The molecule has 0 atom stereocenters. The third-order valence-corrected chi connectivity index (χ3v) is 5.23. The molecule has 1 heterocycles. The van der Waals surface area contributed by atoms with Gasteiger partial charge < -0.3 is 19.5 Å². The van der Waals surface area contributed by atoms with E-state index in [0.717, 1.165) is 31.7 Å². The van der Waals surface area contributed by atoms with Crippen LogP contribution in [0.1, 0.15) is 36.0 Å². The summed E-state index contributed by atoms with van der Waals surface area (Å²) in [5.74, 6) is -0.943. The standard InChI is InChI=1S/C20H17ClN2O7/c21-15-5-4-13(23(26)27)10-14(15)19(25)28-11-18(24)22-12-3-6-16-17(9-12)30-20(29-16)7-1-2-8-20/h3-6,9-10H,1-2,7-8,11H2,(H,22,24). The average molecular weight is 433 g/mol. The number of anilines is 1. The number of carbonyl (C=O) groups excluding carboxylic acids is 2. The van der Waals surface area contributed by atoms with Crippen LogP contribution >= 0.6 is 11.6 Å². The van der Waals surface area contributed by atoms with Crippen molar-refractivity contribution in [1.29, 1.82) is 0 Å². The van der Waals surface area contributed by atoms with Crippen molar-refractivity contribution < 1.29 is 28.7 Å². The lowest BCUT2D eigenvalue weighted by molar-refractivity contribution is -0.384. The van der Waals surface area contributed by atoms with Crippen LogP contribution in [0.25, 0.3) is 0 Å². The lowest BCUT2D eigenvalue weighted by Gasteiger charge is -2.21. The number of halogens is 1. The molecule has 1 N–H and O–H groups in total. The summed E-state index contributed by atoms with van der Waals surface area (Å²) in [6, 6.07) is 8.42. The molecular formula is C20H17ClN2O7. The van der Waals surface area contributed by atoms with Gasteiger partial charge in [-0.25, -0.2) is 4.79 Å². The SMILES string of the molecule is O=C(COC(=O)c1cc([N+](=O)[O-])ccc1Cl)Nc1ccc2c(c1)OC1(CCCC1)O2. The Bertz CT molecular complexity index is 1030. The summed E-state index contributed by atoms with van der Waals surface area (Å²) >= 11 is 5.90. The number of non-ortho nitro benzene ring substituents is 1. The van der Waals surface area contributed by atoms with Gasteiger partial charge in [0.2, 0.25) is 0 Å². The topological polar surface area (TPSA) is 117 Å². The van der Waals surface area contributed by atoms with Crippen molar-refractivity contribution >= 4 is 34.9 Å². The van der Waals surface area contributed by atoms with Gasteiger partial charge in [-0.2, -0.15) is 0 Å². The summed E-state index contributed by atoms with van der Waals surface area (Å²) in [5, 5.41) is 13.4. The van der Waals surface area contributed by atoms with Gasteiger partial charge in [-0.1, -0.05) is 11.6 Å². The van der Waals surface area contributed by atoms with Crippen LogP contribution in [0, 0.1) is 10.1 Å². The van der Waals surface area contributed by atoms with Gasteiger partial charge in [0.15, 0.2) is 18.1 Å². The first kappa shape index (κ1) is 20.0. The number of hydrogen-bond donors (Lipinski definition) is 1. The van der Waals surface area contributed by atoms with Crippen LogP contribution in [0.5, 0.6) is 11.5 Å².